The summed E-state index contributed by atoms with van der Waals surface area (Å²) in [5.74, 6) is -0.249. The highest BCUT2D eigenvalue weighted by molar-refractivity contribution is 9.10. The SMILES string of the molecule is N#Cc1cccc(CNC(=O)c2c[nH]c3ncc(Br)nc23)c1. The van der Waals surface area contributed by atoms with Crippen molar-refractivity contribution < 1.29 is 4.79 Å². The maximum absolute atomic E-state index is 12.3. The quantitative estimate of drug-likeness (QED) is 0.754. The van der Waals surface area contributed by atoms with Crippen LogP contribution in [0.2, 0.25) is 0 Å². The first-order valence-corrected chi connectivity index (χ1v) is 7.23. The largest absolute Gasteiger partial charge is 0.348 e. The number of aromatic nitrogens is 3. The van der Waals surface area contributed by atoms with Gasteiger partial charge < -0.3 is 10.3 Å². The fourth-order valence-corrected chi connectivity index (χ4v) is 2.35. The van der Waals surface area contributed by atoms with Crippen LogP contribution in [0.5, 0.6) is 0 Å². The molecule has 1 aromatic carbocycles. The Morgan fingerprint density at radius 2 is 2.32 bits per heavy atom. The Morgan fingerprint density at radius 1 is 1.45 bits per heavy atom. The van der Waals surface area contributed by atoms with Crippen molar-refractivity contribution in [3.05, 3.63) is 58.0 Å². The van der Waals surface area contributed by atoms with E-state index in [4.69, 9.17) is 5.26 Å². The molecule has 0 fully saturated rings. The van der Waals surface area contributed by atoms with Gasteiger partial charge in [-0.2, -0.15) is 5.26 Å². The maximum Gasteiger partial charge on any atom is 0.255 e. The van der Waals surface area contributed by atoms with Gasteiger partial charge in [-0.1, -0.05) is 12.1 Å². The van der Waals surface area contributed by atoms with Gasteiger partial charge in [0.15, 0.2) is 5.65 Å². The smallest absolute Gasteiger partial charge is 0.255 e. The predicted molar refractivity (Wildman–Crippen MR) is 83.9 cm³/mol. The van der Waals surface area contributed by atoms with Crippen molar-refractivity contribution in [1.82, 2.24) is 20.3 Å². The Balaban J connectivity index is 1.79. The number of rotatable bonds is 3. The zero-order chi connectivity index (χ0) is 15.5. The molecule has 7 heteroatoms. The minimum Gasteiger partial charge on any atom is -0.348 e. The number of H-pyrrole nitrogens is 1. The highest BCUT2D eigenvalue weighted by atomic mass is 79.9. The molecule has 0 saturated heterocycles. The van der Waals surface area contributed by atoms with Gasteiger partial charge in [0.25, 0.3) is 5.91 Å². The van der Waals surface area contributed by atoms with Gasteiger partial charge >= 0.3 is 0 Å². The number of nitrogens with zero attached hydrogens (tertiary/aromatic N) is 3. The van der Waals surface area contributed by atoms with Gasteiger partial charge in [-0.05, 0) is 33.6 Å². The van der Waals surface area contributed by atoms with Gasteiger partial charge in [-0.3, -0.25) is 4.79 Å². The first-order chi connectivity index (χ1) is 10.7. The lowest BCUT2D eigenvalue weighted by Crippen LogP contribution is -2.22. The Morgan fingerprint density at radius 3 is 3.14 bits per heavy atom. The number of carbonyl (C=O) groups excluding carboxylic acids is 1. The van der Waals surface area contributed by atoms with Crippen LogP contribution >= 0.6 is 15.9 Å². The summed E-state index contributed by atoms with van der Waals surface area (Å²) in [5, 5.41) is 11.7. The molecule has 0 spiro atoms. The fraction of sp³-hybridized carbons (Fsp3) is 0.0667. The van der Waals surface area contributed by atoms with Crippen LogP contribution in [0.1, 0.15) is 21.5 Å². The van der Waals surface area contributed by atoms with Crippen LogP contribution in [-0.4, -0.2) is 20.9 Å². The molecule has 0 atom stereocenters. The van der Waals surface area contributed by atoms with Crippen molar-refractivity contribution in [1.29, 1.82) is 5.26 Å². The molecule has 1 amide bonds. The third-order valence-electron chi connectivity index (χ3n) is 3.11. The van der Waals surface area contributed by atoms with Crippen molar-refractivity contribution in [2.75, 3.05) is 0 Å². The third-order valence-corrected chi connectivity index (χ3v) is 3.49. The van der Waals surface area contributed by atoms with Crippen LogP contribution in [0.15, 0.2) is 41.3 Å². The summed E-state index contributed by atoms with van der Waals surface area (Å²) in [6, 6.07) is 9.17. The lowest BCUT2D eigenvalue weighted by molar-refractivity contribution is 0.0952. The van der Waals surface area contributed by atoms with Gasteiger partial charge in [0.2, 0.25) is 0 Å². The van der Waals surface area contributed by atoms with E-state index in [1.54, 1.807) is 30.6 Å². The Labute approximate surface area is 134 Å². The minimum atomic E-state index is -0.249. The number of halogens is 1. The van der Waals surface area contributed by atoms with Crippen LogP contribution in [-0.2, 0) is 6.54 Å². The van der Waals surface area contributed by atoms with E-state index in [2.05, 4.69) is 42.3 Å². The molecular formula is C15H10BrN5O. The Bertz CT molecular complexity index is 896. The van der Waals surface area contributed by atoms with Crippen LogP contribution in [0.4, 0.5) is 0 Å². The number of hydrogen-bond donors (Lipinski definition) is 2. The van der Waals surface area contributed by atoms with E-state index in [0.29, 0.717) is 33.4 Å². The average Bonchev–Trinajstić information content (AvgIpc) is 2.96. The molecule has 2 N–H and O–H groups in total. The van der Waals surface area contributed by atoms with Gasteiger partial charge in [0.05, 0.1) is 23.4 Å². The van der Waals surface area contributed by atoms with E-state index >= 15 is 0 Å². The number of hydrogen-bond acceptors (Lipinski definition) is 4. The second-order valence-corrected chi connectivity index (χ2v) is 5.40. The molecule has 2 aromatic heterocycles. The zero-order valence-electron chi connectivity index (χ0n) is 11.3. The Hall–Kier alpha value is -2.72. The van der Waals surface area contributed by atoms with E-state index in [-0.39, 0.29) is 5.91 Å². The van der Waals surface area contributed by atoms with Crippen molar-refractivity contribution in [3.8, 4) is 6.07 Å². The molecule has 0 bridgehead atoms. The predicted octanol–water partition coefficient (Wildman–Crippen LogP) is 2.52. The number of nitriles is 1. The lowest BCUT2D eigenvalue weighted by Gasteiger charge is -2.04. The third kappa shape index (κ3) is 2.82. The molecule has 0 aliphatic heterocycles. The maximum atomic E-state index is 12.3. The van der Waals surface area contributed by atoms with Crippen molar-refractivity contribution in [2.45, 2.75) is 6.54 Å². The zero-order valence-corrected chi connectivity index (χ0v) is 12.9. The molecule has 0 aliphatic carbocycles. The molecule has 0 radical (unpaired) electrons. The first kappa shape index (κ1) is 14.2. The van der Waals surface area contributed by atoms with Crippen LogP contribution < -0.4 is 5.32 Å². The van der Waals surface area contributed by atoms with Gasteiger partial charge in [-0.25, -0.2) is 9.97 Å². The van der Waals surface area contributed by atoms with Crippen LogP contribution in [0, 0.1) is 11.3 Å². The summed E-state index contributed by atoms with van der Waals surface area (Å²) in [4.78, 5) is 23.6. The summed E-state index contributed by atoms with van der Waals surface area (Å²) in [7, 11) is 0. The van der Waals surface area contributed by atoms with Crippen molar-refractivity contribution >= 4 is 33.0 Å². The molecule has 0 aliphatic rings. The second kappa shape index (κ2) is 5.95. The monoisotopic (exact) mass is 355 g/mol. The van der Waals surface area contributed by atoms with E-state index < -0.39 is 0 Å². The normalized spacial score (nSPS) is 10.4. The summed E-state index contributed by atoms with van der Waals surface area (Å²) in [6.45, 7) is 0.336. The van der Waals surface area contributed by atoms with Gasteiger partial charge in [0, 0.05) is 12.7 Å². The second-order valence-electron chi connectivity index (χ2n) is 4.59. The highest BCUT2D eigenvalue weighted by Crippen LogP contribution is 2.16. The van der Waals surface area contributed by atoms with Crippen LogP contribution in [0.3, 0.4) is 0 Å². The van der Waals surface area contributed by atoms with E-state index in [1.165, 1.54) is 0 Å². The highest BCUT2D eigenvalue weighted by Gasteiger charge is 2.14. The van der Waals surface area contributed by atoms with Crippen molar-refractivity contribution in [2.24, 2.45) is 0 Å². The number of fused-ring (bicyclic) bond motifs is 1. The fourth-order valence-electron chi connectivity index (χ4n) is 2.07. The number of aromatic amines is 1. The number of amides is 1. The van der Waals surface area contributed by atoms with Gasteiger partial charge in [0.1, 0.15) is 10.1 Å². The summed E-state index contributed by atoms with van der Waals surface area (Å²) >= 11 is 3.24. The summed E-state index contributed by atoms with van der Waals surface area (Å²) in [6.07, 6.45) is 3.14. The Kier molecular flexibility index (Phi) is 3.85. The number of nitrogens with one attached hydrogen (secondary N) is 2. The number of benzene rings is 1. The number of carbonyl (C=O) groups is 1. The van der Waals surface area contributed by atoms with E-state index in [1.807, 2.05) is 6.07 Å². The molecule has 3 aromatic rings. The molecule has 2 heterocycles. The molecule has 6 nitrogen and oxygen atoms in total. The molecule has 3 rings (SSSR count). The molecule has 22 heavy (non-hydrogen) atoms. The van der Waals surface area contributed by atoms with Gasteiger partial charge in [-0.15, -0.1) is 0 Å². The average molecular weight is 356 g/mol. The van der Waals surface area contributed by atoms with E-state index in [0.717, 1.165) is 5.56 Å². The summed E-state index contributed by atoms with van der Waals surface area (Å²) in [5.41, 5.74) is 2.92. The van der Waals surface area contributed by atoms with Crippen molar-refractivity contribution in [3.63, 3.8) is 0 Å². The standard InChI is InChI=1S/C15H10BrN5O/c16-12-8-19-14-13(21-12)11(7-18-14)15(22)20-6-10-3-1-2-9(4-10)5-17/h1-4,7-8H,6H2,(H,18,19)(H,20,22). The molecular weight excluding hydrogens is 346 g/mol. The molecule has 0 unspecified atom stereocenters. The minimum absolute atomic E-state index is 0.249. The summed E-state index contributed by atoms with van der Waals surface area (Å²) < 4.78 is 0.565. The first-order valence-electron chi connectivity index (χ1n) is 6.44. The van der Waals surface area contributed by atoms with E-state index in [9.17, 15) is 4.79 Å². The topological polar surface area (TPSA) is 94.5 Å². The molecule has 0 saturated carbocycles. The van der Waals surface area contributed by atoms with Crippen LogP contribution in [0.25, 0.3) is 11.2 Å². The lowest BCUT2D eigenvalue weighted by atomic mass is 10.1. The molecule has 108 valence electrons.